The van der Waals surface area contributed by atoms with E-state index in [1.807, 2.05) is 0 Å². The molecular formula is C20H17NO5. The summed E-state index contributed by atoms with van der Waals surface area (Å²) in [6, 6.07) is 9.64. The molecule has 3 aliphatic rings. The summed E-state index contributed by atoms with van der Waals surface area (Å²) >= 11 is 0. The van der Waals surface area contributed by atoms with Gasteiger partial charge in [0.25, 0.3) is 0 Å². The van der Waals surface area contributed by atoms with E-state index in [2.05, 4.69) is 0 Å². The molecule has 0 radical (unpaired) electrons. The van der Waals surface area contributed by atoms with E-state index in [9.17, 15) is 14.4 Å². The Labute approximate surface area is 149 Å². The van der Waals surface area contributed by atoms with Crippen LogP contribution in [0.2, 0.25) is 0 Å². The average molecular weight is 351 g/mol. The van der Waals surface area contributed by atoms with E-state index in [0.717, 1.165) is 19.3 Å². The summed E-state index contributed by atoms with van der Waals surface area (Å²) in [6.45, 7) is 0. The van der Waals surface area contributed by atoms with Crippen LogP contribution in [-0.2, 0) is 9.59 Å². The fourth-order valence-electron chi connectivity index (χ4n) is 4.90. The maximum Gasteiger partial charge on any atom is 0.379 e. The summed E-state index contributed by atoms with van der Waals surface area (Å²) in [5.41, 5.74) is 0.457. The van der Waals surface area contributed by atoms with Gasteiger partial charge in [-0.15, -0.1) is 0 Å². The second-order valence-corrected chi connectivity index (χ2v) is 7.26. The molecule has 1 saturated heterocycles. The lowest BCUT2D eigenvalue weighted by Gasteiger charge is -2.19. The molecule has 5 rings (SSSR count). The number of rotatable bonds is 3. The van der Waals surface area contributed by atoms with Crippen LogP contribution in [0.15, 0.2) is 47.1 Å². The third kappa shape index (κ3) is 2.14. The zero-order valence-electron chi connectivity index (χ0n) is 14.0. The maximum atomic E-state index is 12.9. The monoisotopic (exact) mass is 351 g/mol. The summed E-state index contributed by atoms with van der Waals surface area (Å²) in [7, 11) is 0. The summed E-state index contributed by atoms with van der Waals surface area (Å²) in [4.78, 5) is 39.1. The molecule has 2 saturated carbocycles. The Kier molecular flexibility index (Phi) is 3.29. The quantitative estimate of drug-likeness (QED) is 0.483. The molecule has 26 heavy (non-hydrogen) atoms. The van der Waals surface area contributed by atoms with E-state index in [0.29, 0.717) is 17.5 Å². The number of fused-ring (bicyclic) bond motifs is 5. The molecule has 2 heterocycles. The molecule has 0 N–H and O–H groups in total. The standard InChI is InChI=1S/C20H17NO5/c22-18-16-11-6-7-12(9-11)17(16)19(23)21(18)13-3-1-4-14(10-13)26-20(24)15-5-2-8-25-15/h1-5,8,10-12,16-17H,6-7,9H2/t11-,12+,16-,17-/m0/s1. The van der Waals surface area contributed by atoms with Gasteiger partial charge in [0.15, 0.2) is 0 Å². The molecule has 0 spiro atoms. The summed E-state index contributed by atoms with van der Waals surface area (Å²) < 4.78 is 10.3. The molecular weight excluding hydrogens is 334 g/mol. The molecule has 0 unspecified atom stereocenters. The van der Waals surface area contributed by atoms with Crippen molar-refractivity contribution in [1.29, 1.82) is 0 Å². The van der Waals surface area contributed by atoms with Crippen molar-refractivity contribution in [2.75, 3.05) is 4.90 Å². The Morgan fingerprint density at radius 3 is 2.42 bits per heavy atom. The summed E-state index contributed by atoms with van der Waals surface area (Å²) in [5.74, 6) is -0.145. The van der Waals surface area contributed by atoms with Crippen LogP contribution in [0.3, 0.4) is 0 Å². The van der Waals surface area contributed by atoms with Gasteiger partial charge in [0.1, 0.15) is 5.75 Å². The van der Waals surface area contributed by atoms with Crippen molar-refractivity contribution < 1.29 is 23.5 Å². The smallest absolute Gasteiger partial charge is 0.379 e. The number of esters is 1. The van der Waals surface area contributed by atoms with E-state index in [4.69, 9.17) is 9.15 Å². The molecule has 2 bridgehead atoms. The van der Waals surface area contributed by atoms with Gasteiger partial charge in [-0.25, -0.2) is 9.69 Å². The van der Waals surface area contributed by atoms with Gasteiger partial charge in [0.05, 0.1) is 23.8 Å². The Balaban J connectivity index is 1.42. The minimum Gasteiger partial charge on any atom is -0.457 e. The van der Waals surface area contributed by atoms with E-state index in [1.165, 1.54) is 17.2 Å². The van der Waals surface area contributed by atoms with Gasteiger partial charge in [-0.3, -0.25) is 9.59 Å². The molecule has 1 aliphatic heterocycles. The number of imide groups is 1. The lowest BCUT2D eigenvalue weighted by Crippen LogP contribution is -2.32. The SMILES string of the molecule is O=C(Oc1cccc(N2C(=O)[C@H]3[C@@H]4CC[C@@H](C4)[C@@H]3C2=O)c1)c1ccco1. The first-order valence-electron chi connectivity index (χ1n) is 8.87. The minimum atomic E-state index is -0.624. The van der Waals surface area contributed by atoms with Crippen molar-refractivity contribution in [2.24, 2.45) is 23.7 Å². The second-order valence-electron chi connectivity index (χ2n) is 7.26. The van der Waals surface area contributed by atoms with Crippen LogP contribution in [0.5, 0.6) is 5.75 Å². The maximum absolute atomic E-state index is 12.9. The Morgan fingerprint density at radius 1 is 1.04 bits per heavy atom. The molecule has 2 aliphatic carbocycles. The van der Waals surface area contributed by atoms with Crippen LogP contribution in [0.4, 0.5) is 5.69 Å². The number of benzene rings is 1. The molecule has 6 nitrogen and oxygen atoms in total. The van der Waals surface area contributed by atoms with Gasteiger partial charge in [0, 0.05) is 6.07 Å². The van der Waals surface area contributed by atoms with E-state index >= 15 is 0 Å². The van der Waals surface area contributed by atoms with Gasteiger partial charge in [-0.1, -0.05) is 6.07 Å². The van der Waals surface area contributed by atoms with Crippen molar-refractivity contribution in [2.45, 2.75) is 19.3 Å². The average Bonchev–Trinajstić information content (AvgIpc) is 3.39. The normalized spacial score (nSPS) is 29.3. The minimum absolute atomic E-state index is 0.0924. The third-order valence-corrected chi connectivity index (χ3v) is 5.94. The van der Waals surface area contributed by atoms with Gasteiger partial charge >= 0.3 is 5.97 Å². The van der Waals surface area contributed by atoms with Crippen molar-refractivity contribution in [1.82, 2.24) is 0 Å². The van der Waals surface area contributed by atoms with E-state index < -0.39 is 5.97 Å². The van der Waals surface area contributed by atoms with Crippen molar-refractivity contribution >= 4 is 23.5 Å². The van der Waals surface area contributed by atoms with E-state index in [1.54, 1.807) is 30.3 Å². The topological polar surface area (TPSA) is 76.8 Å². The molecule has 2 aromatic rings. The number of furan rings is 1. The Morgan fingerprint density at radius 2 is 1.77 bits per heavy atom. The molecule has 132 valence electrons. The second kappa shape index (κ2) is 5.56. The highest BCUT2D eigenvalue weighted by atomic mass is 16.5. The van der Waals surface area contributed by atoms with Crippen molar-refractivity contribution in [3.05, 3.63) is 48.4 Å². The summed E-state index contributed by atoms with van der Waals surface area (Å²) in [5, 5.41) is 0. The van der Waals surface area contributed by atoms with Crippen molar-refractivity contribution in [3.8, 4) is 5.75 Å². The zero-order chi connectivity index (χ0) is 17.8. The molecule has 6 heteroatoms. The third-order valence-electron chi connectivity index (χ3n) is 5.94. The Hall–Kier alpha value is -2.89. The van der Waals surface area contributed by atoms with Crippen LogP contribution in [-0.4, -0.2) is 17.8 Å². The Bertz CT molecular complexity index is 875. The van der Waals surface area contributed by atoms with Gasteiger partial charge in [-0.2, -0.15) is 0 Å². The van der Waals surface area contributed by atoms with Crippen LogP contribution in [0, 0.1) is 23.7 Å². The highest BCUT2D eigenvalue weighted by molar-refractivity contribution is 6.22. The fraction of sp³-hybridized carbons (Fsp3) is 0.350. The largest absolute Gasteiger partial charge is 0.457 e. The molecule has 1 aromatic carbocycles. The lowest BCUT2D eigenvalue weighted by atomic mass is 9.81. The van der Waals surface area contributed by atoms with Gasteiger partial charge < -0.3 is 9.15 Å². The molecule has 3 fully saturated rings. The number of amides is 2. The number of anilines is 1. The first-order valence-corrected chi connectivity index (χ1v) is 8.87. The lowest BCUT2D eigenvalue weighted by molar-refractivity contribution is -0.123. The van der Waals surface area contributed by atoms with Crippen LogP contribution in [0.1, 0.15) is 29.8 Å². The van der Waals surface area contributed by atoms with E-state index in [-0.39, 0.29) is 35.2 Å². The fourth-order valence-corrected chi connectivity index (χ4v) is 4.90. The summed E-state index contributed by atoms with van der Waals surface area (Å²) in [6.07, 6.45) is 4.47. The zero-order valence-corrected chi connectivity index (χ0v) is 14.0. The predicted molar refractivity (Wildman–Crippen MR) is 90.4 cm³/mol. The molecule has 4 atom stereocenters. The molecule has 1 aromatic heterocycles. The number of carbonyl (C=O) groups excluding carboxylic acids is 3. The highest BCUT2D eigenvalue weighted by Crippen LogP contribution is 2.56. The van der Waals surface area contributed by atoms with Gasteiger partial charge in [-0.05, 0) is 55.4 Å². The van der Waals surface area contributed by atoms with Crippen LogP contribution < -0.4 is 9.64 Å². The van der Waals surface area contributed by atoms with Crippen LogP contribution >= 0.6 is 0 Å². The number of carbonyl (C=O) groups is 3. The first kappa shape index (κ1) is 15.4. The highest BCUT2D eigenvalue weighted by Gasteiger charge is 2.61. The van der Waals surface area contributed by atoms with Gasteiger partial charge in [0.2, 0.25) is 17.6 Å². The number of hydrogen-bond donors (Lipinski definition) is 0. The first-order chi connectivity index (χ1) is 12.6. The van der Waals surface area contributed by atoms with Crippen molar-refractivity contribution in [3.63, 3.8) is 0 Å². The molecule has 2 amide bonds. The number of nitrogens with zero attached hydrogens (tertiary/aromatic N) is 1. The predicted octanol–water partition coefficient (Wildman–Crippen LogP) is 3.03. The van der Waals surface area contributed by atoms with Crippen LogP contribution in [0.25, 0.3) is 0 Å². The number of hydrogen-bond acceptors (Lipinski definition) is 5. The number of ether oxygens (including phenoxy) is 1.